The number of piperidine rings is 1. The van der Waals surface area contributed by atoms with Crippen molar-refractivity contribution in [3.05, 3.63) is 50.5 Å². The summed E-state index contributed by atoms with van der Waals surface area (Å²) in [7, 11) is 0. The van der Waals surface area contributed by atoms with Gasteiger partial charge in [0.05, 0.1) is 17.2 Å². The van der Waals surface area contributed by atoms with Crippen molar-refractivity contribution in [1.82, 2.24) is 24.5 Å². The zero-order chi connectivity index (χ0) is 16.7. The number of amides is 1. The zero-order valence-electron chi connectivity index (χ0n) is 13.2. The molecule has 1 N–H and O–H groups in total. The molecule has 1 atom stereocenters. The molecule has 4 rings (SSSR count). The first-order valence-electron chi connectivity index (χ1n) is 7.92. The Balaban J connectivity index is 1.74. The molecular formula is C16H17N5O2S. The number of aryl methyl sites for hydroxylation is 1. The SMILES string of the molecule is Cc1cc(=O)n2[nH]c([C@H]3CCCCN3C(=O)c3cscn3)cc2n1. The third-order valence-corrected chi connectivity index (χ3v) is 4.96. The van der Waals surface area contributed by atoms with Gasteiger partial charge in [-0.3, -0.25) is 14.7 Å². The Morgan fingerprint density at radius 3 is 3.04 bits per heavy atom. The van der Waals surface area contributed by atoms with Crippen molar-refractivity contribution in [1.29, 1.82) is 0 Å². The number of hydrogen-bond acceptors (Lipinski definition) is 5. The summed E-state index contributed by atoms with van der Waals surface area (Å²) in [6, 6.07) is 3.27. The van der Waals surface area contributed by atoms with Crippen LogP contribution < -0.4 is 5.56 Å². The Morgan fingerprint density at radius 1 is 1.38 bits per heavy atom. The number of nitrogens with one attached hydrogen (secondary N) is 1. The number of nitrogens with zero attached hydrogens (tertiary/aromatic N) is 4. The van der Waals surface area contributed by atoms with Crippen LogP contribution in [-0.4, -0.2) is 36.9 Å². The second-order valence-corrected chi connectivity index (χ2v) is 6.74. The average Bonchev–Trinajstić information content (AvgIpc) is 3.23. The number of thiazole rings is 1. The van der Waals surface area contributed by atoms with E-state index in [2.05, 4.69) is 15.1 Å². The summed E-state index contributed by atoms with van der Waals surface area (Å²) in [5.41, 5.74) is 4.12. The Bertz CT molecular complexity index is 943. The molecule has 3 aromatic rings. The molecule has 3 aromatic heterocycles. The number of fused-ring (bicyclic) bond motifs is 1. The summed E-state index contributed by atoms with van der Waals surface area (Å²) < 4.78 is 1.43. The maximum atomic E-state index is 12.8. The lowest BCUT2D eigenvalue weighted by molar-refractivity contribution is 0.0600. The van der Waals surface area contributed by atoms with E-state index in [9.17, 15) is 9.59 Å². The zero-order valence-corrected chi connectivity index (χ0v) is 14.0. The van der Waals surface area contributed by atoms with Crippen molar-refractivity contribution in [2.45, 2.75) is 32.2 Å². The summed E-state index contributed by atoms with van der Waals surface area (Å²) in [6.45, 7) is 2.49. The highest BCUT2D eigenvalue weighted by molar-refractivity contribution is 7.07. The normalized spacial score (nSPS) is 18.2. The molecular weight excluding hydrogens is 326 g/mol. The van der Waals surface area contributed by atoms with Gasteiger partial charge in [0, 0.05) is 29.8 Å². The van der Waals surface area contributed by atoms with Gasteiger partial charge in [-0.15, -0.1) is 11.3 Å². The lowest BCUT2D eigenvalue weighted by atomic mass is 9.99. The van der Waals surface area contributed by atoms with Crippen LogP contribution in [0.3, 0.4) is 0 Å². The van der Waals surface area contributed by atoms with Gasteiger partial charge in [-0.25, -0.2) is 14.5 Å². The van der Waals surface area contributed by atoms with Crippen LogP contribution >= 0.6 is 11.3 Å². The van der Waals surface area contributed by atoms with Crippen LogP contribution in [-0.2, 0) is 0 Å². The molecule has 7 nitrogen and oxygen atoms in total. The van der Waals surface area contributed by atoms with Crippen LogP contribution in [0.5, 0.6) is 0 Å². The van der Waals surface area contributed by atoms with E-state index in [-0.39, 0.29) is 17.5 Å². The first kappa shape index (κ1) is 15.1. The second kappa shape index (κ2) is 5.86. The molecule has 0 radical (unpaired) electrons. The highest BCUT2D eigenvalue weighted by Crippen LogP contribution is 2.31. The monoisotopic (exact) mass is 343 g/mol. The Kier molecular flexibility index (Phi) is 3.68. The smallest absolute Gasteiger partial charge is 0.273 e. The molecule has 8 heteroatoms. The molecule has 0 saturated carbocycles. The van der Waals surface area contributed by atoms with E-state index in [0.29, 0.717) is 23.6 Å². The summed E-state index contributed by atoms with van der Waals surface area (Å²) >= 11 is 1.41. The van der Waals surface area contributed by atoms with Crippen LogP contribution in [0.4, 0.5) is 0 Å². The third-order valence-electron chi connectivity index (χ3n) is 4.37. The highest BCUT2D eigenvalue weighted by Gasteiger charge is 2.31. The minimum Gasteiger partial charge on any atom is -0.329 e. The molecule has 0 aliphatic carbocycles. The minimum atomic E-state index is -0.142. The van der Waals surface area contributed by atoms with E-state index < -0.39 is 0 Å². The van der Waals surface area contributed by atoms with Crippen molar-refractivity contribution >= 4 is 22.9 Å². The standard InChI is InChI=1S/C16H17N5O2S/c1-10-6-15(22)21-14(18-10)7-11(19-21)13-4-2-3-5-20(13)16(23)12-8-24-9-17-12/h6-9,13,19H,2-5H2,1H3/t13-/m1/s1. The number of carbonyl (C=O) groups is 1. The molecule has 0 unspecified atom stereocenters. The molecule has 24 heavy (non-hydrogen) atoms. The summed E-state index contributed by atoms with van der Waals surface area (Å²) in [6.07, 6.45) is 2.88. The van der Waals surface area contributed by atoms with Crippen LogP contribution in [0, 0.1) is 6.92 Å². The largest absolute Gasteiger partial charge is 0.329 e. The van der Waals surface area contributed by atoms with E-state index in [0.717, 1.165) is 25.0 Å². The van der Waals surface area contributed by atoms with Crippen molar-refractivity contribution in [3.8, 4) is 0 Å². The molecule has 1 fully saturated rings. The fourth-order valence-electron chi connectivity index (χ4n) is 3.26. The quantitative estimate of drug-likeness (QED) is 0.773. The van der Waals surface area contributed by atoms with Crippen molar-refractivity contribution < 1.29 is 4.79 Å². The molecule has 1 aliphatic rings. The number of carbonyl (C=O) groups excluding carboxylic acids is 1. The van der Waals surface area contributed by atoms with E-state index in [1.165, 1.54) is 21.9 Å². The van der Waals surface area contributed by atoms with Gasteiger partial charge in [-0.2, -0.15) is 0 Å². The number of rotatable bonds is 2. The molecule has 1 saturated heterocycles. The summed E-state index contributed by atoms with van der Waals surface area (Å²) in [5, 5.41) is 4.89. The van der Waals surface area contributed by atoms with Gasteiger partial charge in [0.25, 0.3) is 11.5 Å². The average molecular weight is 343 g/mol. The fraction of sp³-hybridized carbons (Fsp3) is 0.375. The van der Waals surface area contributed by atoms with Crippen molar-refractivity contribution in [2.24, 2.45) is 0 Å². The lowest BCUT2D eigenvalue weighted by Gasteiger charge is -2.34. The van der Waals surface area contributed by atoms with Crippen molar-refractivity contribution in [2.75, 3.05) is 6.54 Å². The van der Waals surface area contributed by atoms with Gasteiger partial charge < -0.3 is 4.90 Å². The van der Waals surface area contributed by atoms with E-state index >= 15 is 0 Å². The van der Waals surface area contributed by atoms with Crippen LogP contribution in [0.15, 0.2) is 27.8 Å². The second-order valence-electron chi connectivity index (χ2n) is 6.02. The number of hydrogen-bond donors (Lipinski definition) is 1. The lowest BCUT2D eigenvalue weighted by Crippen LogP contribution is -2.39. The molecule has 124 valence electrons. The number of aromatic amines is 1. The van der Waals surface area contributed by atoms with Gasteiger partial charge in [0.1, 0.15) is 5.69 Å². The van der Waals surface area contributed by atoms with Crippen LogP contribution in [0.1, 0.15) is 47.2 Å². The maximum Gasteiger partial charge on any atom is 0.273 e. The number of H-pyrrole nitrogens is 1. The van der Waals surface area contributed by atoms with E-state index in [1.54, 1.807) is 17.8 Å². The topological polar surface area (TPSA) is 83.4 Å². The van der Waals surface area contributed by atoms with Crippen LogP contribution in [0.2, 0.25) is 0 Å². The molecule has 0 bridgehead atoms. The van der Waals surface area contributed by atoms with Gasteiger partial charge in [-0.05, 0) is 26.2 Å². The Hall–Kier alpha value is -2.48. The summed E-state index contributed by atoms with van der Waals surface area (Å²) in [4.78, 5) is 35.2. The van der Waals surface area contributed by atoms with Gasteiger partial charge in [0.15, 0.2) is 5.65 Å². The predicted molar refractivity (Wildman–Crippen MR) is 90.3 cm³/mol. The van der Waals surface area contributed by atoms with Gasteiger partial charge in [-0.1, -0.05) is 0 Å². The summed E-state index contributed by atoms with van der Waals surface area (Å²) in [5.74, 6) is -0.0592. The first-order chi connectivity index (χ1) is 11.6. The van der Waals surface area contributed by atoms with Crippen LogP contribution in [0.25, 0.3) is 5.65 Å². The molecule has 0 spiro atoms. The first-order valence-corrected chi connectivity index (χ1v) is 8.86. The fourth-order valence-corrected chi connectivity index (χ4v) is 3.79. The minimum absolute atomic E-state index is 0.0592. The van der Waals surface area contributed by atoms with E-state index in [1.807, 2.05) is 11.0 Å². The highest BCUT2D eigenvalue weighted by atomic mass is 32.1. The maximum absolute atomic E-state index is 12.8. The predicted octanol–water partition coefficient (Wildman–Crippen LogP) is 2.15. The van der Waals surface area contributed by atoms with Gasteiger partial charge in [0.2, 0.25) is 0 Å². The Labute approximate surface area is 142 Å². The number of aromatic nitrogens is 4. The van der Waals surface area contributed by atoms with Gasteiger partial charge >= 0.3 is 0 Å². The van der Waals surface area contributed by atoms with Crippen molar-refractivity contribution in [3.63, 3.8) is 0 Å². The number of likely N-dealkylation sites (tertiary alicyclic amines) is 1. The Morgan fingerprint density at radius 2 is 2.25 bits per heavy atom. The third kappa shape index (κ3) is 2.52. The molecule has 1 amide bonds. The molecule has 4 heterocycles. The van der Waals surface area contributed by atoms with E-state index in [4.69, 9.17) is 0 Å². The molecule has 1 aliphatic heterocycles. The molecule has 0 aromatic carbocycles.